The lowest BCUT2D eigenvalue weighted by molar-refractivity contribution is 0.561. The normalized spacial score (nSPS) is 11.4. The first-order valence-electron chi connectivity index (χ1n) is 9.13. The van der Waals surface area contributed by atoms with E-state index in [1.807, 2.05) is 34.9 Å². The van der Waals surface area contributed by atoms with Gasteiger partial charge in [-0.3, -0.25) is 9.36 Å². The van der Waals surface area contributed by atoms with Gasteiger partial charge in [0.15, 0.2) is 5.82 Å². The van der Waals surface area contributed by atoms with Gasteiger partial charge in [-0.25, -0.2) is 4.79 Å². The van der Waals surface area contributed by atoms with Crippen LogP contribution in [0.2, 0.25) is 0 Å². The molecule has 0 atom stereocenters. The first kappa shape index (κ1) is 17.4. The molecular weight excluding hydrogens is 314 g/mol. The van der Waals surface area contributed by atoms with Crippen LogP contribution in [0.15, 0.2) is 39.9 Å². The molecule has 0 spiro atoms. The summed E-state index contributed by atoms with van der Waals surface area (Å²) in [6, 6.07) is 9.80. The monoisotopic (exact) mass is 339 g/mol. The minimum absolute atomic E-state index is 0.280. The average Bonchev–Trinajstić information content (AvgIpc) is 2.63. The smallest absolute Gasteiger partial charge is 0.325 e. The van der Waals surface area contributed by atoms with Gasteiger partial charge in [-0.05, 0) is 23.9 Å². The zero-order valence-electron chi connectivity index (χ0n) is 15.0. The van der Waals surface area contributed by atoms with Crippen molar-refractivity contribution in [1.82, 2.24) is 14.1 Å². The molecule has 0 unspecified atom stereocenters. The van der Waals surface area contributed by atoms with Crippen LogP contribution in [0.5, 0.6) is 0 Å². The van der Waals surface area contributed by atoms with Gasteiger partial charge < -0.3 is 4.57 Å². The summed E-state index contributed by atoms with van der Waals surface area (Å²) in [5.41, 5.74) is 0.748. The molecule has 5 nitrogen and oxygen atoms in total. The van der Waals surface area contributed by atoms with E-state index < -0.39 is 5.69 Å². The van der Waals surface area contributed by atoms with Crippen LogP contribution in [0.3, 0.4) is 0 Å². The van der Waals surface area contributed by atoms with Crippen molar-refractivity contribution < 1.29 is 0 Å². The minimum atomic E-state index is -0.496. The maximum atomic E-state index is 12.5. The van der Waals surface area contributed by atoms with Crippen molar-refractivity contribution in [3.8, 4) is 11.4 Å². The largest absolute Gasteiger partial charge is 0.352 e. The second kappa shape index (κ2) is 7.64. The molecule has 0 aliphatic carbocycles. The number of unbranched alkanes of at least 4 members (excludes halogenated alkanes) is 5. The topological polar surface area (TPSA) is 56.9 Å². The summed E-state index contributed by atoms with van der Waals surface area (Å²) in [6.45, 7) is 2.98. The zero-order chi connectivity index (χ0) is 17.8. The number of hydrogen-bond acceptors (Lipinski definition) is 3. The summed E-state index contributed by atoms with van der Waals surface area (Å²) in [6.07, 6.45) is 7.17. The number of aromatic nitrogens is 3. The third-order valence-corrected chi connectivity index (χ3v) is 4.78. The van der Waals surface area contributed by atoms with Crippen molar-refractivity contribution in [2.75, 3.05) is 0 Å². The van der Waals surface area contributed by atoms with E-state index in [0.717, 1.165) is 34.9 Å². The Balaban J connectivity index is 2.01. The van der Waals surface area contributed by atoms with Crippen molar-refractivity contribution >= 4 is 10.9 Å². The number of rotatable bonds is 7. The van der Waals surface area contributed by atoms with Crippen LogP contribution in [0.4, 0.5) is 0 Å². The van der Waals surface area contributed by atoms with Crippen molar-refractivity contribution in [3.63, 3.8) is 0 Å². The minimum Gasteiger partial charge on any atom is -0.325 e. The number of hydrogen-bond donors (Lipinski definition) is 0. The lowest BCUT2D eigenvalue weighted by Gasteiger charge is -2.18. The fourth-order valence-electron chi connectivity index (χ4n) is 3.32. The van der Waals surface area contributed by atoms with Crippen LogP contribution >= 0.6 is 0 Å². The molecule has 2 aliphatic heterocycles. The van der Waals surface area contributed by atoms with E-state index in [1.54, 1.807) is 0 Å². The lowest BCUT2D eigenvalue weighted by atomic mass is 10.1. The molecule has 0 amide bonds. The Hall–Kier alpha value is -2.43. The summed E-state index contributed by atoms with van der Waals surface area (Å²) in [4.78, 5) is 28.7. The first-order chi connectivity index (χ1) is 12.1. The third kappa shape index (κ3) is 3.50. The van der Waals surface area contributed by atoms with Gasteiger partial charge in [0, 0.05) is 19.1 Å². The number of fused-ring (bicyclic) bond motifs is 2. The third-order valence-electron chi connectivity index (χ3n) is 4.78. The number of para-hydroxylation sites is 1. The van der Waals surface area contributed by atoms with Crippen LogP contribution in [-0.2, 0) is 13.6 Å². The summed E-state index contributed by atoms with van der Waals surface area (Å²) in [7, 11) is 1.48. The lowest BCUT2D eigenvalue weighted by Crippen LogP contribution is -2.35. The molecule has 0 fully saturated rings. The molecule has 0 saturated heterocycles. The van der Waals surface area contributed by atoms with Gasteiger partial charge in [-0.1, -0.05) is 57.2 Å². The van der Waals surface area contributed by atoms with Gasteiger partial charge in [0.05, 0.1) is 5.56 Å². The van der Waals surface area contributed by atoms with Gasteiger partial charge in [0.25, 0.3) is 5.56 Å². The zero-order valence-corrected chi connectivity index (χ0v) is 15.0. The highest BCUT2D eigenvalue weighted by molar-refractivity contribution is 5.85. The summed E-state index contributed by atoms with van der Waals surface area (Å²) in [5.74, 6) is 0.500. The van der Waals surface area contributed by atoms with E-state index in [0.29, 0.717) is 11.4 Å². The van der Waals surface area contributed by atoms with Gasteiger partial charge in [-0.2, -0.15) is 4.98 Å². The highest BCUT2D eigenvalue weighted by atomic mass is 16.2. The van der Waals surface area contributed by atoms with Crippen molar-refractivity contribution in [1.29, 1.82) is 0 Å². The standard InChI is InChI=1S/C20H25N3O2/c1-3-4-5-6-7-10-13-23-17-12-9-8-11-15(17)14-16-18(23)21-20(25)22(2)19(16)24/h8-9,11-12,14H,3-7,10,13H2,1-2H3. The van der Waals surface area contributed by atoms with E-state index >= 15 is 0 Å². The molecule has 2 heterocycles. The molecule has 0 aromatic heterocycles. The van der Waals surface area contributed by atoms with Crippen LogP contribution in [0, 0.1) is 0 Å². The molecule has 25 heavy (non-hydrogen) atoms. The van der Waals surface area contributed by atoms with E-state index in [-0.39, 0.29) is 5.56 Å². The van der Waals surface area contributed by atoms with Crippen molar-refractivity contribution in [2.45, 2.75) is 52.0 Å². The predicted molar refractivity (Wildman–Crippen MR) is 101 cm³/mol. The Morgan fingerprint density at radius 2 is 1.72 bits per heavy atom. The Morgan fingerprint density at radius 3 is 2.52 bits per heavy atom. The molecule has 2 aliphatic rings. The second-order valence-electron chi connectivity index (χ2n) is 6.62. The molecule has 1 aromatic carbocycles. The Labute approximate surface area is 147 Å². The predicted octanol–water partition coefficient (Wildman–Crippen LogP) is 3.56. The van der Waals surface area contributed by atoms with E-state index in [2.05, 4.69) is 11.9 Å². The van der Waals surface area contributed by atoms with Gasteiger partial charge >= 0.3 is 5.69 Å². The van der Waals surface area contributed by atoms with Crippen LogP contribution in [0.25, 0.3) is 22.3 Å². The maximum absolute atomic E-state index is 12.5. The Bertz CT molecular complexity index is 955. The van der Waals surface area contributed by atoms with Crippen LogP contribution < -0.4 is 11.2 Å². The SMILES string of the molecule is CCCCCCCCn1c2nc(=O)n(C)c(=O)c-2cc2ccccc21. The summed E-state index contributed by atoms with van der Waals surface area (Å²) in [5, 5.41) is 0.999. The van der Waals surface area contributed by atoms with Gasteiger partial charge in [0.2, 0.25) is 0 Å². The first-order valence-corrected chi connectivity index (χ1v) is 9.13. The van der Waals surface area contributed by atoms with Crippen LogP contribution in [0.1, 0.15) is 45.4 Å². The van der Waals surface area contributed by atoms with Crippen molar-refractivity contribution in [3.05, 3.63) is 51.2 Å². The molecule has 5 heteroatoms. The van der Waals surface area contributed by atoms with E-state index in [1.165, 1.54) is 32.7 Å². The van der Waals surface area contributed by atoms with Gasteiger partial charge in [-0.15, -0.1) is 0 Å². The molecular formula is C20H25N3O2. The summed E-state index contributed by atoms with van der Waals surface area (Å²) >= 11 is 0. The Morgan fingerprint density at radius 1 is 1.00 bits per heavy atom. The van der Waals surface area contributed by atoms with Crippen LogP contribution in [-0.4, -0.2) is 14.1 Å². The molecule has 3 rings (SSSR count). The van der Waals surface area contributed by atoms with E-state index in [4.69, 9.17) is 0 Å². The molecule has 1 aromatic rings. The fraction of sp³-hybridized carbons (Fsp3) is 0.450. The molecule has 0 radical (unpaired) electrons. The maximum Gasteiger partial charge on any atom is 0.352 e. The highest BCUT2D eigenvalue weighted by Crippen LogP contribution is 2.24. The molecule has 132 valence electrons. The Kier molecular flexibility index (Phi) is 5.31. The highest BCUT2D eigenvalue weighted by Gasteiger charge is 2.18. The van der Waals surface area contributed by atoms with Gasteiger partial charge in [0.1, 0.15) is 0 Å². The molecule has 0 N–H and O–H groups in total. The molecule has 0 saturated carbocycles. The average molecular weight is 339 g/mol. The second-order valence-corrected chi connectivity index (χ2v) is 6.62. The fourth-order valence-corrected chi connectivity index (χ4v) is 3.32. The quantitative estimate of drug-likeness (QED) is 0.488. The number of benzene rings is 1. The number of nitrogens with zero attached hydrogens (tertiary/aromatic N) is 3. The number of aryl methyl sites for hydroxylation is 1. The summed E-state index contributed by atoms with van der Waals surface area (Å²) < 4.78 is 3.11. The van der Waals surface area contributed by atoms with Crippen molar-refractivity contribution in [2.24, 2.45) is 7.05 Å². The number of pyridine rings is 1. The molecule has 0 bridgehead atoms. The van der Waals surface area contributed by atoms with E-state index in [9.17, 15) is 9.59 Å².